The molecule has 0 spiro atoms. The van der Waals surface area contributed by atoms with Gasteiger partial charge in [0.15, 0.2) is 0 Å². The van der Waals surface area contributed by atoms with Crippen LogP contribution in [0.2, 0.25) is 0 Å². The molecule has 0 saturated carbocycles. The molecule has 0 aromatic carbocycles. The Balaban J connectivity index is 2.42. The van der Waals surface area contributed by atoms with E-state index in [-0.39, 0.29) is 11.8 Å². The number of amides is 1. The summed E-state index contributed by atoms with van der Waals surface area (Å²) in [6.45, 7) is 7.32. The summed E-state index contributed by atoms with van der Waals surface area (Å²) in [5.74, 6) is 1.74. The molecule has 1 aliphatic heterocycles. The molecule has 1 N–H and O–H groups in total. The first-order valence-electron chi connectivity index (χ1n) is 4.39. The third-order valence-electron chi connectivity index (χ3n) is 2.43. The third kappa shape index (κ3) is 1.95. The Hall–Kier alpha value is -0.530. The van der Waals surface area contributed by atoms with E-state index in [1.165, 1.54) is 6.42 Å². The zero-order valence-electron chi connectivity index (χ0n) is 7.55. The van der Waals surface area contributed by atoms with Gasteiger partial charge in [0.25, 0.3) is 0 Å². The number of carbonyl (C=O) groups excluding carboxylic acids is 1. The largest absolute Gasteiger partial charge is 0.356 e. The zero-order valence-corrected chi connectivity index (χ0v) is 7.55. The Morgan fingerprint density at radius 3 is 2.64 bits per heavy atom. The Labute approximate surface area is 68.4 Å². The fourth-order valence-electron chi connectivity index (χ4n) is 1.68. The van der Waals surface area contributed by atoms with Crippen LogP contribution in [0, 0.1) is 17.8 Å². The summed E-state index contributed by atoms with van der Waals surface area (Å²) < 4.78 is 0. The lowest BCUT2D eigenvalue weighted by molar-refractivity contribution is -0.122. The van der Waals surface area contributed by atoms with Crippen molar-refractivity contribution >= 4 is 5.91 Å². The van der Waals surface area contributed by atoms with Crippen LogP contribution < -0.4 is 5.32 Å². The first-order valence-corrected chi connectivity index (χ1v) is 4.39. The maximum atomic E-state index is 11.1. The van der Waals surface area contributed by atoms with E-state index in [0.717, 1.165) is 6.54 Å². The van der Waals surface area contributed by atoms with Crippen LogP contribution in [0.1, 0.15) is 27.2 Å². The first kappa shape index (κ1) is 8.57. The van der Waals surface area contributed by atoms with E-state index in [2.05, 4.69) is 19.2 Å². The molecule has 1 rings (SSSR count). The standard InChI is InChI=1S/C9H17NO/c1-6(2)4-8-5-10-9(11)7(8)3/h6-8H,4-5H2,1-3H3,(H,10,11)/t7?,8-/m1/s1. The highest BCUT2D eigenvalue weighted by atomic mass is 16.2. The highest BCUT2D eigenvalue weighted by Crippen LogP contribution is 2.23. The molecule has 0 aliphatic carbocycles. The quantitative estimate of drug-likeness (QED) is 0.642. The van der Waals surface area contributed by atoms with E-state index in [4.69, 9.17) is 0 Å². The molecular formula is C9H17NO. The van der Waals surface area contributed by atoms with Crippen LogP contribution in [0.25, 0.3) is 0 Å². The Morgan fingerprint density at radius 1 is 1.64 bits per heavy atom. The van der Waals surface area contributed by atoms with Crippen LogP contribution in [0.4, 0.5) is 0 Å². The van der Waals surface area contributed by atoms with E-state index in [0.29, 0.717) is 11.8 Å². The summed E-state index contributed by atoms with van der Waals surface area (Å²) in [4.78, 5) is 11.1. The molecule has 1 saturated heterocycles. The fourth-order valence-corrected chi connectivity index (χ4v) is 1.68. The van der Waals surface area contributed by atoms with E-state index in [1.807, 2.05) is 6.92 Å². The highest BCUT2D eigenvalue weighted by molar-refractivity contribution is 5.80. The summed E-state index contributed by atoms with van der Waals surface area (Å²) >= 11 is 0. The SMILES string of the molecule is CC(C)C[C@@H]1CNC(=O)C1C. The van der Waals surface area contributed by atoms with Crippen LogP contribution in [0.5, 0.6) is 0 Å². The van der Waals surface area contributed by atoms with Gasteiger partial charge in [-0.15, -0.1) is 0 Å². The molecule has 1 unspecified atom stereocenters. The van der Waals surface area contributed by atoms with Gasteiger partial charge in [0, 0.05) is 12.5 Å². The Bertz CT molecular complexity index is 154. The van der Waals surface area contributed by atoms with Crippen LogP contribution >= 0.6 is 0 Å². The van der Waals surface area contributed by atoms with Crippen molar-refractivity contribution in [2.24, 2.45) is 17.8 Å². The fraction of sp³-hybridized carbons (Fsp3) is 0.889. The van der Waals surface area contributed by atoms with Crippen molar-refractivity contribution in [1.29, 1.82) is 0 Å². The van der Waals surface area contributed by atoms with Crippen molar-refractivity contribution in [3.8, 4) is 0 Å². The van der Waals surface area contributed by atoms with Gasteiger partial charge >= 0.3 is 0 Å². The lowest BCUT2D eigenvalue weighted by atomic mass is 9.89. The second kappa shape index (κ2) is 3.24. The average molecular weight is 155 g/mol. The first-order chi connectivity index (χ1) is 5.11. The molecule has 1 fully saturated rings. The van der Waals surface area contributed by atoms with Crippen molar-refractivity contribution in [2.45, 2.75) is 27.2 Å². The minimum absolute atomic E-state index is 0.232. The maximum Gasteiger partial charge on any atom is 0.223 e. The van der Waals surface area contributed by atoms with Crippen molar-refractivity contribution in [3.05, 3.63) is 0 Å². The van der Waals surface area contributed by atoms with Crippen molar-refractivity contribution < 1.29 is 4.79 Å². The molecule has 0 aromatic rings. The molecule has 2 nitrogen and oxygen atoms in total. The molecule has 0 bridgehead atoms. The van der Waals surface area contributed by atoms with E-state index in [9.17, 15) is 4.79 Å². The van der Waals surface area contributed by atoms with E-state index >= 15 is 0 Å². The minimum atomic E-state index is 0.232. The Kier molecular flexibility index (Phi) is 2.53. The third-order valence-corrected chi connectivity index (χ3v) is 2.43. The molecule has 0 radical (unpaired) electrons. The van der Waals surface area contributed by atoms with Crippen LogP contribution in [0.15, 0.2) is 0 Å². The topological polar surface area (TPSA) is 29.1 Å². The van der Waals surface area contributed by atoms with Gasteiger partial charge in [-0.3, -0.25) is 4.79 Å². The average Bonchev–Trinajstić information content (AvgIpc) is 2.18. The summed E-state index contributed by atoms with van der Waals surface area (Å²) in [6.07, 6.45) is 1.17. The van der Waals surface area contributed by atoms with Gasteiger partial charge in [0.05, 0.1) is 0 Å². The van der Waals surface area contributed by atoms with Crippen molar-refractivity contribution in [2.75, 3.05) is 6.54 Å². The second-order valence-corrected chi connectivity index (χ2v) is 3.92. The van der Waals surface area contributed by atoms with Gasteiger partial charge in [0.2, 0.25) is 5.91 Å². The van der Waals surface area contributed by atoms with Crippen molar-refractivity contribution in [3.63, 3.8) is 0 Å². The van der Waals surface area contributed by atoms with Crippen LogP contribution in [-0.4, -0.2) is 12.5 Å². The van der Waals surface area contributed by atoms with E-state index in [1.54, 1.807) is 0 Å². The zero-order chi connectivity index (χ0) is 8.43. The monoisotopic (exact) mass is 155 g/mol. The summed E-state index contributed by atoms with van der Waals surface area (Å²) in [5, 5.41) is 2.89. The van der Waals surface area contributed by atoms with Gasteiger partial charge in [-0.25, -0.2) is 0 Å². The van der Waals surface area contributed by atoms with Crippen molar-refractivity contribution in [1.82, 2.24) is 5.32 Å². The van der Waals surface area contributed by atoms with Crippen LogP contribution in [-0.2, 0) is 4.79 Å². The second-order valence-electron chi connectivity index (χ2n) is 3.92. The van der Waals surface area contributed by atoms with Gasteiger partial charge in [0.1, 0.15) is 0 Å². The normalized spacial score (nSPS) is 31.1. The minimum Gasteiger partial charge on any atom is -0.356 e. The molecule has 2 heteroatoms. The van der Waals surface area contributed by atoms with E-state index < -0.39 is 0 Å². The number of carbonyl (C=O) groups is 1. The number of hydrogen-bond donors (Lipinski definition) is 1. The summed E-state index contributed by atoms with van der Waals surface area (Å²) in [5.41, 5.74) is 0. The predicted octanol–water partition coefficient (Wildman–Crippen LogP) is 1.41. The summed E-state index contributed by atoms with van der Waals surface area (Å²) in [7, 11) is 0. The lowest BCUT2D eigenvalue weighted by Crippen LogP contribution is -2.17. The van der Waals surface area contributed by atoms with Gasteiger partial charge < -0.3 is 5.32 Å². The van der Waals surface area contributed by atoms with Gasteiger partial charge in [-0.05, 0) is 18.3 Å². The molecule has 1 heterocycles. The number of hydrogen-bond acceptors (Lipinski definition) is 1. The number of rotatable bonds is 2. The van der Waals surface area contributed by atoms with Gasteiger partial charge in [-0.2, -0.15) is 0 Å². The molecule has 1 aliphatic rings. The molecule has 1 amide bonds. The molecule has 2 atom stereocenters. The predicted molar refractivity (Wildman–Crippen MR) is 45.1 cm³/mol. The highest BCUT2D eigenvalue weighted by Gasteiger charge is 2.30. The number of nitrogens with one attached hydrogen (secondary N) is 1. The van der Waals surface area contributed by atoms with Gasteiger partial charge in [-0.1, -0.05) is 20.8 Å². The smallest absolute Gasteiger partial charge is 0.223 e. The summed E-state index contributed by atoms with van der Waals surface area (Å²) in [6, 6.07) is 0. The maximum absolute atomic E-state index is 11.1. The molecule has 0 aromatic heterocycles. The molecule has 11 heavy (non-hydrogen) atoms. The van der Waals surface area contributed by atoms with Crippen LogP contribution in [0.3, 0.4) is 0 Å². The Morgan fingerprint density at radius 2 is 2.27 bits per heavy atom. The molecular weight excluding hydrogens is 138 g/mol. The molecule has 64 valence electrons. The lowest BCUT2D eigenvalue weighted by Gasteiger charge is -2.14.